The molecule has 0 aliphatic heterocycles. The first-order valence-electron chi connectivity index (χ1n) is 13.9. The van der Waals surface area contributed by atoms with Crippen molar-refractivity contribution in [1.29, 1.82) is 0 Å². The molecule has 0 heterocycles. The van der Waals surface area contributed by atoms with Crippen LogP contribution in [0.4, 0.5) is 13.2 Å². The number of ether oxygens (including phenoxy) is 2. The summed E-state index contributed by atoms with van der Waals surface area (Å²) in [7, 11) is 1.55. The number of carbonyl (C=O) groups is 1. The molecule has 210 valence electrons. The van der Waals surface area contributed by atoms with E-state index in [0.29, 0.717) is 30.6 Å². The molecule has 3 aromatic rings. The first kappa shape index (κ1) is 26.7. The van der Waals surface area contributed by atoms with Crippen molar-refractivity contribution >= 4 is 5.97 Å². The minimum absolute atomic E-state index is 0.00841. The molecular weight excluding hydrogens is 517 g/mol. The molecule has 0 aromatic heterocycles. The van der Waals surface area contributed by atoms with Crippen LogP contribution in [0.2, 0.25) is 0 Å². The van der Waals surface area contributed by atoms with Crippen molar-refractivity contribution in [1.82, 2.24) is 0 Å². The maximum atomic E-state index is 15.7. The van der Waals surface area contributed by atoms with Crippen LogP contribution in [0.25, 0.3) is 11.1 Å². The first-order valence-corrected chi connectivity index (χ1v) is 13.9. The molecule has 3 atom stereocenters. The summed E-state index contributed by atoms with van der Waals surface area (Å²) in [4.78, 5) is 11.6. The van der Waals surface area contributed by atoms with Gasteiger partial charge < -0.3 is 14.6 Å². The average molecular weight is 551 g/mol. The number of rotatable bonds is 7. The Morgan fingerprint density at radius 1 is 1.02 bits per heavy atom. The van der Waals surface area contributed by atoms with E-state index in [1.165, 1.54) is 6.07 Å². The van der Waals surface area contributed by atoms with Crippen molar-refractivity contribution in [2.45, 2.75) is 70.3 Å². The Labute approximate surface area is 232 Å². The molecule has 0 radical (unpaired) electrons. The lowest BCUT2D eigenvalue weighted by molar-refractivity contribution is -0.139. The van der Waals surface area contributed by atoms with Crippen LogP contribution in [0, 0.1) is 28.8 Å². The quantitative estimate of drug-likeness (QED) is 0.325. The number of hydrogen-bond acceptors (Lipinski definition) is 3. The molecule has 3 aliphatic carbocycles. The summed E-state index contributed by atoms with van der Waals surface area (Å²) < 4.78 is 57.0. The summed E-state index contributed by atoms with van der Waals surface area (Å²) >= 11 is 0. The second kappa shape index (κ2) is 9.57. The van der Waals surface area contributed by atoms with E-state index in [1.54, 1.807) is 19.2 Å². The van der Waals surface area contributed by atoms with E-state index in [0.717, 1.165) is 42.0 Å². The van der Waals surface area contributed by atoms with E-state index >= 15 is 13.2 Å². The summed E-state index contributed by atoms with van der Waals surface area (Å²) in [5.74, 6) is -2.70. The lowest BCUT2D eigenvalue weighted by Gasteiger charge is -2.30. The monoisotopic (exact) mass is 550 g/mol. The molecule has 40 heavy (non-hydrogen) atoms. The van der Waals surface area contributed by atoms with Crippen LogP contribution in [-0.4, -0.2) is 18.2 Å². The average Bonchev–Trinajstić information content (AvgIpc) is 3.36. The number of halogens is 3. The van der Waals surface area contributed by atoms with E-state index in [2.05, 4.69) is 13.8 Å². The smallest absolute Gasteiger partial charge is 0.307 e. The second-order valence-electron chi connectivity index (χ2n) is 12.3. The molecule has 3 unspecified atom stereocenters. The van der Waals surface area contributed by atoms with Gasteiger partial charge in [-0.1, -0.05) is 38.5 Å². The molecule has 2 saturated carbocycles. The number of benzene rings is 3. The van der Waals surface area contributed by atoms with Gasteiger partial charge in [0.1, 0.15) is 24.0 Å². The maximum Gasteiger partial charge on any atom is 0.307 e. The van der Waals surface area contributed by atoms with Gasteiger partial charge in [0.2, 0.25) is 0 Å². The van der Waals surface area contributed by atoms with Gasteiger partial charge in [-0.05, 0) is 83.9 Å². The van der Waals surface area contributed by atoms with E-state index in [9.17, 15) is 9.90 Å². The van der Waals surface area contributed by atoms with E-state index in [1.807, 2.05) is 18.2 Å². The Morgan fingerprint density at radius 3 is 2.50 bits per heavy atom. The van der Waals surface area contributed by atoms with Gasteiger partial charge in [-0.25, -0.2) is 13.2 Å². The number of fused-ring (bicyclic) bond motifs is 2. The summed E-state index contributed by atoms with van der Waals surface area (Å²) in [5.41, 5.74) is 2.61. The highest BCUT2D eigenvalue weighted by atomic mass is 19.1. The molecule has 4 nitrogen and oxygen atoms in total. The lowest BCUT2D eigenvalue weighted by atomic mass is 9.75. The predicted molar refractivity (Wildman–Crippen MR) is 145 cm³/mol. The Morgan fingerprint density at radius 2 is 1.82 bits per heavy atom. The molecule has 3 aliphatic rings. The van der Waals surface area contributed by atoms with Crippen molar-refractivity contribution in [3.05, 3.63) is 82.2 Å². The Balaban J connectivity index is 1.35. The molecule has 7 heteroatoms. The van der Waals surface area contributed by atoms with Gasteiger partial charge in [0.25, 0.3) is 0 Å². The minimum Gasteiger partial charge on any atom is -0.497 e. The minimum atomic E-state index is -0.978. The van der Waals surface area contributed by atoms with Gasteiger partial charge in [0.05, 0.1) is 13.0 Å². The zero-order chi connectivity index (χ0) is 28.4. The molecule has 0 bridgehead atoms. The lowest BCUT2D eigenvalue weighted by Crippen LogP contribution is -2.17. The van der Waals surface area contributed by atoms with Crippen LogP contribution in [0.3, 0.4) is 0 Å². The zero-order valence-corrected chi connectivity index (χ0v) is 23.0. The third kappa shape index (κ3) is 4.25. The highest BCUT2D eigenvalue weighted by Gasteiger charge is 2.63. The van der Waals surface area contributed by atoms with E-state index in [-0.39, 0.29) is 40.6 Å². The summed E-state index contributed by atoms with van der Waals surface area (Å²) in [6, 6.07) is 11.5. The SMILES string of the molecule is COc1ccc(F)c(-c2ccc(COc3cc(F)c4c(c3F)C3(CC4)CC3C(=O)O)cc2C2CCCC2(C)C)c1. The largest absolute Gasteiger partial charge is 0.497 e. The Bertz CT molecular complexity index is 1510. The summed E-state index contributed by atoms with van der Waals surface area (Å²) in [6.07, 6.45) is 4.16. The standard InChI is InChI=1S/C33H33F3O4/c1-32(2)11-4-5-24(32)22-13-18(6-8-20(22)23-14-19(39-3)7-9-26(23)34)17-40-28-15-27(35)21-10-12-33(29(21)30(28)36)16-25(33)31(37)38/h6-9,13-15,24-25H,4-5,10-12,16-17H2,1-3H3,(H,37,38). The van der Waals surface area contributed by atoms with Crippen LogP contribution in [0.1, 0.15) is 74.1 Å². The van der Waals surface area contributed by atoms with Gasteiger partial charge in [-0.3, -0.25) is 4.79 Å². The maximum absolute atomic E-state index is 15.7. The number of carboxylic acid groups (broad SMARTS) is 1. The highest BCUT2D eigenvalue weighted by Crippen LogP contribution is 2.63. The van der Waals surface area contributed by atoms with Gasteiger partial charge in [-0.2, -0.15) is 0 Å². The van der Waals surface area contributed by atoms with Crippen LogP contribution in [0.15, 0.2) is 42.5 Å². The fourth-order valence-electron chi connectivity index (χ4n) is 7.30. The van der Waals surface area contributed by atoms with Crippen LogP contribution in [0.5, 0.6) is 11.5 Å². The van der Waals surface area contributed by atoms with Crippen molar-refractivity contribution < 1.29 is 32.5 Å². The van der Waals surface area contributed by atoms with Gasteiger partial charge >= 0.3 is 5.97 Å². The van der Waals surface area contributed by atoms with Gasteiger partial charge in [0.15, 0.2) is 11.6 Å². The van der Waals surface area contributed by atoms with Crippen molar-refractivity contribution in [2.24, 2.45) is 11.3 Å². The predicted octanol–water partition coefficient (Wildman–Crippen LogP) is 7.94. The van der Waals surface area contributed by atoms with Crippen LogP contribution < -0.4 is 9.47 Å². The molecule has 1 spiro atoms. The van der Waals surface area contributed by atoms with Crippen molar-refractivity contribution in [2.75, 3.05) is 7.11 Å². The van der Waals surface area contributed by atoms with Crippen molar-refractivity contribution in [3.63, 3.8) is 0 Å². The molecule has 6 rings (SSSR count). The number of carboxylic acids is 1. The topological polar surface area (TPSA) is 55.8 Å². The van der Waals surface area contributed by atoms with Gasteiger partial charge in [-0.15, -0.1) is 0 Å². The van der Waals surface area contributed by atoms with E-state index in [4.69, 9.17) is 9.47 Å². The normalized spacial score (nSPS) is 24.2. The Hall–Kier alpha value is -3.48. The third-order valence-corrected chi connectivity index (χ3v) is 9.58. The highest BCUT2D eigenvalue weighted by molar-refractivity contribution is 5.78. The fraction of sp³-hybridized carbons (Fsp3) is 0.424. The number of hydrogen-bond donors (Lipinski definition) is 1. The second-order valence-corrected chi connectivity index (χ2v) is 12.3. The molecule has 0 amide bonds. The van der Waals surface area contributed by atoms with Crippen LogP contribution in [-0.2, 0) is 23.2 Å². The molecule has 0 saturated heterocycles. The Kier molecular flexibility index (Phi) is 6.39. The molecule has 3 aromatic carbocycles. The molecular formula is C33H33F3O4. The third-order valence-electron chi connectivity index (χ3n) is 9.58. The first-order chi connectivity index (χ1) is 19.1. The summed E-state index contributed by atoms with van der Waals surface area (Å²) in [5, 5.41) is 9.51. The van der Waals surface area contributed by atoms with E-state index < -0.39 is 28.9 Å². The summed E-state index contributed by atoms with van der Waals surface area (Å²) in [6.45, 7) is 4.44. The molecule has 1 N–H and O–H groups in total. The zero-order valence-electron chi connectivity index (χ0n) is 23.0. The van der Waals surface area contributed by atoms with Crippen molar-refractivity contribution in [3.8, 4) is 22.6 Å². The number of methoxy groups -OCH3 is 1. The van der Waals surface area contributed by atoms with Gasteiger partial charge in [0, 0.05) is 22.6 Å². The fourth-order valence-corrected chi connectivity index (χ4v) is 7.30. The number of aliphatic carboxylic acids is 1. The molecule has 2 fully saturated rings. The van der Waals surface area contributed by atoms with Crippen LogP contribution >= 0.6 is 0 Å².